The first-order valence-electron chi connectivity index (χ1n) is 6.70. The van der Waals surface area contributed by atoms with Gasteiger partial charge in [-0.2, -0.15) is 17.0 Å². The van der Waals surface area contributed by atoms with Crippen molar-refractivity contribution < 1.29 is 17.9 Å². The summed E-state index contributed by atoms with van der Waals surface area (Å²) in [7, 11) is -1.92. The second-order valence-corrected chi connectivity index (χ2v) is 7.05. The van der Waals surface area contributed by atoms with Gasteiger partial charge in [0.05, 0.1) is 12.5 Å². The van der Waals surface area contributed by atoms with Crippen LogP contribution in [0.4, 0.5) is 0 Å². The van der Waals surface area contributed by atoms with E-state index < -0.39 is 10.2 Å². The lowest BCUT2D eigenvalue weighted by atomic mass is 10.0. The summed E-state index contributed by atoms with van der Waals surface area (Å²) < 4.78 is 32.4. The zero-order valence-corrected chi connectivity index (χ0v) is 12.9. The maximum absolute atomic E-state index is 12.4. The van der Waals surface area contributed by atoms with Crippen molar-refractivity contribution in [1.82, 2.24) is 8.61 Å². The summed E-state index contributed by atoms with van der Waals surface area (Å²) in [4.78, 5) is 11.7. The van der Waals surface area contributed by atoms with Crippen LogP contribution in [0.5, 0.6) is 0 Å². The average molecular weight is 292 g/mol. The molecule has 112 valence electrons. The summed E-state index contributed by atoms with van der Waals surface area (Å²) in [5.41, 5.74) is 0. The molecule has 1 rings (SSSR count). The quantitative estimate of drug-likeness (QED) is 0.705. The van der Waals surface area contributed by atoms with Crippen molar-refractivity contribution >= 4 is 16.2 Å². The third-order valence-corrected chi connectivity index (χ3v) is 5.56. The molecule has 0 aromatic rings. The summed E-state index contributed by atoms with van der Waals surface area (Å²) in [5, 5.41) is 0. The number of rotatable bonds is 5. The maximum Gasteiger partial charge on any atom is 0.310 e. The number of carbonyl (C=O) groups is 1. The van der Waals surface area contributed by atoms with E-state index in [-0.39, 0.29) is 24.5 Å². The number of esters is 1. The Morgan fingerprint density at radius 1 is 1.47 bits per heavy atom. The van der Waals surface area contributed by atoms with E-state index in [0.717, 1.165) is 0 Å². The SMILES string of the molecule is CCOC(=O)[C@@H]1CCCN(S(=O)(=O)N(C)C(C)C)C1. The Bertz CT molecular complexity index is 408. The van der Waals surface area contributed by atoms with E-state index in [9.17, 15) is 13.2 Å². The van der Waals surface area contributed by atoms with Crippen LogP contribution >= 0.6 is 0 Å². The van der Waals surface area contributed by atoms with Crippen LogP contribution in [-0.4, -0.2) is 55.8 Å². The Labute approximate surface area is 115 Å². The molecule has 0 aromatic heterocycles. The lowest BCUT2D eigenvalue weighted by Crippen LogP contribution is -2.49. The second kappa shape index (κ2) is 6.67. The monoisotopic (exact) mass is 292 g/mol. The van der Waals surface area contributed by atoms with E-state index in [2.05, 4.69) is 0 Å². The number of piperidine rings is 1. The van der Waals surface area contributed by atoms with Gasteiger partial charge < -0.3 is 4.74 Å². The molecule has 6 nitrogen and oxygen atoms in total. The molecule has 1 atom stereocenters. The average Bonchev–Trinajstić information content (AvgIpc) is 2.38. The summed E-state index contributed by atoms with van der Waals surface area (Å²) in [6.45, 7) is 6.41. The predicted molar refractivity (Wildman–Crippen MR) is 72.7 cm³/mol. The number of nitrogens with zero attached hydrogens (tertiary/aromatic N) is 2. The van der Waals surface area contributed by atoms with E-state index in [0.29, 0.717) is 26.0 Å². The highest BCUT2D eigenvalue weighted by atomic mass is 32.2. The van der Waals surface area contributed by atoms with Gasteiger partial charge >= 0.3 is 5.97 Å². The normalized spacial score (nSPS) is 21.9. The number of carbonyl (C=O) groups excluding carboxylic acids is 1. The number of ether oxygens (including phenoxy) is 1. The Hall–Kier alpha value is -0.660. The van der Waals surface area contributed by atoms with E-state index in [1.54, 1.807) is 14.0 Å². The van der Waals surface area contributed by atoms with Crippen LogP contribution in [0.2, 0.25) is 0 Å². The van der Waals surface area contributed by atoms with Crippen LogP contribution in [0.1, 0.15) is 33.6 Å². The zero-order valence-electron chi connectivity index (χ0n) is 12.1. The van der Waals surface area contributed by atoms with Crippen molar-refractivity contribution in [3.63, 3.8) is 0 Å². The molecule has 0 unspecified atom stereocenters. The van der Waals surface area contributed by atoms with Crippen molar-refractivity contribution in [1.29, 1.82) is 0 Å². The summed E-state index contributed by atoms with van der Waals surface area (Å²) >= 11 is 0. The van der Waals surface area contributed by atoms with Crippen molar-refractivity contribution in [3.05, 3.63) is 0 Å². The van der Waals surface area contributed by atoms with Crippen LogP contribution in [0.15, 0.2) is 0 Å². The summed E-state index contributed by atoms with van der Waals surface area (Å²) in [6.07, 6.45) is 1.38. The van der Waals surface area contributed by atoms with Gasteiger partial charge in [0.1, 0.15) is 0 Å². The molecule has 0 N–H and O–H groups in total. The van der Waals surface area contributed by atoms with Crippen LogP contribution in [0.25, 0.3) is 0 Å². The fourth-order valence-electron chi connectivity index (χ4n) is 2.05. The van der Waals surface area contributed by atoms with Gasteiger partial charge in [-0.3, -0.25) is 4.79 Å². The van der Waals surface area contributed by atoms with Crippen LogP contribution in [0.3, 0.4) is 0 Å². The molecule has 1 heterocycles. The Kier molecular flexibility index (Phi) is 5.76. The van der Waals surface area contributed by atoms with Crippen molar-refractivity contribution in [2.24, 2.45) is 5.92 Å². The molecule has 1 saturated heterocycles. The molecular weight excluding hydrogens is 268 g/mol. The maximum atomic E-state index is 12.4. The molecule has 0 amide bonds. The van der Waals surface area contributed by atoms with E-state index in [4.69, 9.17) is 4.74 Å². The Balaban J connectivity index is 2.77. The molecule has 19 heavy (non-hydrogen) atoms. The highest BCUT2D eigenvalue weighted by molar-refractivity contribution is 7.86. The molecular formula is C12H24N2O4S. The molecule has 0 aromatic carbocycles. The van der Waals surface area contributed by atoms with Gasteiger partial charge in [0.2, 0.25) is 0 Å². The molecule has 1 aliphatic heterocycles. The smallest absolute Gasteiger partial charge is 0.310 e. The summed E-state index contributed by atoms with van der Waals surface area (Å²) in [6, 6.07) is -0.104. The fraction of sp³-hybridized carbons (Fsp3) is 0.917. The lowest BCUT2D eigenvalue weighted by Gasteiger charge is -2.34. The molecule has 0 radical (unpaired) electrons. The molecule has 0 spiro atoms. The lowest BCUT2D eigenvalue weighted by molar-refractivity contribution is -0.149. The molecule has 1 fully saturated rings. The van der Waals surface area contributed by atoms with Crippen LogP contribution in [0, 0.1) is 5.92 Å². The minimum absolute atomic E-state index is 0.104. The Morgan fingerprint density at radius 3 is 2.63 bits per heavy atom. The van der Waals surface area contributed by atoms with Crippen LogP contribution < -0.4 is 0 Å². The standard InChI is InChI=1S/C12H24N2O4S/c1-5-18-12(15)11-7-6-8-14(9-11)19(16,17)13(4)10(2)3/h10-11H,5-9H2,1-4H3/t11-/m1/s1. The van der Waals surface area contributed by atoms with E-state index in [1.807, 2.05) is 13.8 Å². The van der Waals surface area contributed by atoms with Gasteiger partial charge in [0.25, 0.3) is 10.2 Å². The summed E-state index contributed by atoms with van der Waals surface area (Å²) in [5.74, 6) is -0.640. The van der Waals surface area contributed by atoms with Crippen molar-refractivity contribution in [3.8, 4) is 0 Å². The fourth-order valence-corrected chi connectivity index (χ4v) is 3.68. The van der Waals surface area contributed by atoms with Crippen LogP contribution in [-0.2, 0) is 19.7 Å². The molecule has 1 aliphatic rings. The van der Waals surface area contributed by atoms with Gasteiger partial charge in [-0.1, -0.05) is 0 Å². The third kappa shape index (κ3) is 3.90. The third-order valence-electron chi connectivity index (χ3n) is 3.42. The minimum Gasteiger partial charge on any atom is -0.466 e. The van der Waals surface area contributed by atoms with Gasteiger partial charge in [0, 0.05) is 26.2 Å². The Morgan fingerprint density at radius 2 is 2.11 bits per heavy atom. The first kappa shape index (κ1) is 16.4. The highest BCUT2D eigenvalue weighted by Crippen LogP contribution is 2.22. The predicted octanol–water partition coefficient (Wildman–Crippen LogP) is 0.846. The largest absolute Gasteiger partial charge is 0.466 e. The molecule has 0 bridgehead atoms. The zero-order chi connectivity index (χ0) is 14.6. The molecule has 0 aliphatic carbocycles. The highest BCUT2D eigenvalue weighted by Gasteiger charge is 2.35. The van der Waals surface area contributed by atoms with Crippen molar-refractivity contribution in [2.75, 3.05) is 26.7 Å². The first-order valence-corrected chi connectivity index (χ1v) is 8.10. The van der Waals surface area contributed by atoms with Gasteiger partial charge in [0.15, 0.2) is 0 Å². The minimum atomic E-state index is -3.48. The number of hydrogen-bond donors (Lipinski definition) is 0. The molecule has 7 heteroatoms. The number of hydrogen-bond acceptors (Lipinski definition) is 4. The van der Waals surface area contributed by atoms with E-state index >= 15 is 0 Å². The van der Waals surface area contributed by atoms with Gasteiger partial charge in [-0.25, -0.2) is 0 Å². The van der Waals surface area contributed by atoms with Gasteiger partial charge in [-0.05, 0) is 33.6 Å². The topological polar surface area (TPSA) is 66.9 Å². The molecule has 0 saturated carbocycles. The second-order valence-electron chi connectivity index (χ2n) is 5.07. The van der Waals surface area contributed by atoms with Gasteiger partial charge in [-0.15, -0.1) is 0 Å². The van der Waals surface area contributed by atoms with E-state index in [1.165, 1.54) is 8.61 Å². The van der Waals surface area contributed by atoms with Crippen molar-refractivity contribution in [2.45, 2.75) is 39.7 Å². The first-order chi connectivity index (χ1) is 8.80.